The van der Waals surface area contributed by atoms with E-state index in [1.54, 1.807) is 24.5 Å². The minimum atomic E-state index is -0.316. The Kier molecular flexibility index (Phi) is 7.75. The highest BCUT2D eigenvalue weighted by atomic mass is 16.2. The van der Waals surface area contributed by atoms with Gasteiger partial charge in [-0.05, 0) is 94.6 Å². The summed E-state index contributed by atoms with van der Waals surface area (Å²) >= 11 is 0. The maximum absolute atomic E-state index is 14.3. The molecule has 2 aliphatic rings. The summed E-state index contributed by atoms with van der Waals surface area (Å²) in [6, 6.07) is 19.5. The molecule has 1 aliphatic carbocycles. The summed E-state index contributed by atoms with van der Waals surface area (Å²) in [4.78, 5) is 35.1. The number of hydrogen-bond donors (Lipinski definition) is 2. The van der Waals surface area contributed by atoms with Crippen LogP contribution in [0.3, 0.4) is 0 Å². The zero-order valence-corrected chi connectivity index (χ0v) is 24.5. The number of allylic oxidation sites excluding steroid dienone is 2. The second kappa shape index (κ2) is 11.8. The van der Waals surface area contributed by atoms with Gasteiger partial charge in [0, 0.05) is 30.2 Å². The van der Waals surface area contributed by atoms with E-state index in [1.807, 2.05) is 41.3 Å². The smallest absolute Gasteiger partial charge is 0.313 e. The van der Waals surface area contributed by atoms with Gasteiger partial charge in [0.05, 0.1) is 12.1 Å². The van der Waals surface area contributed by atoms with Gasteiger partial charge < -0.3 is 4.90 Å². The predicted octanol–water partition coefficient (Wildman–Crippen LogP) is 6.24. The van der Waals surface area contributed by atoms with Crippen LogP contribution in [0.25, 0.3) is 11.1 Å². The number of carbonyl (C=O) groups excluding carboxylic acids is 2. The lowest BCUT2D eigenvalue weighted by atomic mass is 9.83. The number of pyridine rings is 1. The Labute approximate surface area is 251 Å². The highest BCUT2D eigenvalue weighted by Gasteiger charge is 2.49. The Bertz CT molecular complexity index is 1600. The Hall–Kier alpha value is -4.86. The van der Waals surface area contributed by atoms with Crippen LogP contribution in [0.5, 0.6) is 0 Å². The average Bonchev–Trinajstić information content (AvgIpc) is 3.64. The van der Waals surface area contributed by atoms with Crippen molar-refractivity contribution in [3.63, 3.8) is 0 Å². The van der Waals surface area contributed by atoms with Gasteiger partial charge in [0.1, 0.15) is 0 Å². The molecule has 0 bridgehead atoms. The largest absolute Gasteiger partial charge is 0.325 e. The number of aromatic amines is 1. The van der Waals surface area contributed by atoms with Crippen molar-refractivity contribution in [2.24, 2.45) is 5.41 Å². The van der Waals surface area contributed by atoms with E-state index < -0.39 is 0 Å². The highest BCUT2D eigenvalue weighted by Crippen LogP contribution is 2.42. The molecule has 1 saturated heterocycles. The van der Waals surface area contributed by atoms with Crippen molar-refractivity contribution in [3.05, 3.63) is 96.3 Å². The number of tetrazole rings is 1. The second-order valence-corrected chi connectivity index (χ2v) is 12.1. The molecule has 1 aliphatic heterocycles. The summed E-state index contributed by atoms with van der Waals surface area (Å²) in [5, 5.41) is 15.8. The van der Waals surface area contributed by atoms with E-state index in [4.69, 9.17) is 0 Å². The number of aromatic nitrogens is 5. The minimum Gasteiger partial charge on any atom is -0.313 e. The maximum atomic E-state index is 14.3. The van der Waals surface area contributed by atoms with E-state index in [-0.39, 0.29) is 28.8 Å². The van der Waals surface area contributed by atoms with Crippen LogP contribution in [0.1, 0.15) is 61.9 Å². The summed E-state index contributed by atoms with van der Waals surface area (Å²) in [5.41, 5.74) is 4.27. The van der Waals surface area contributed by atoms with Crippen LogP contribution < -0.4 is 10.2 Å². The lowest BCUT2D eigenvalue weighted by molar-refractivity contribution is 0.102. The number of carbonyl (C=O) groups is 2. The maximum Gasteiger partial charge on any atom is 0.325 e. The van der Waals surface area contributed by atoms with Crippen molar-refractivity contribution in [1.82, 2.24) is 30.5 Å². The number of nitrogens with zero attached hydrogens (tertiary/aromatic N) is 6. The van der Waals surface area contributed by atoms with Gasteiger partial charge in [-0.15, -0.1) is 0 Å². The molecule has 4 aromatic rings. The second-order valence-electron chi connectivity index (χ2n) is 12.1. The van der Waals surface area contributed by atoms with Crippen LogP contribution in [-0.2, 0) is 6.54 Å². The Balaban J connectivity index is 1.29. The summed E-state index contributed by atoms with van der Waals surface area (Å²) < 4.78 is 0. The molecule has 1 fully saturated rings. The van der Waals surface area contributed by atoms with E-state index in [0.29, 0.717) is 18.7 Å². The number of nitrogens with one attached hydrogen (secondary N) is 2. The molecule has 0 radical (unpaired) electrons. The van der Waals surface area contributed by atoms with Crippen molar-refractivity contribution in [2.75, 3.05) is 16.8 Å². The third-order valence-electron chi connectivity index (χ3n) is 8.60. The first kappa shape index (κ1) is 28.3. The fraction of sp³-hybridized carbons (Fsp3) is 0.333. The van der Waals surface area contributed by atoms with Gasteiger partial charge in [0.2, 0.25) is 5.95 Å². The zero-order valence-electron chi connectivity index (χ0n) is 24.5. The summed E-state index contributed by atoms with van der Waals surface area (Å²) in [6.45, 7) is 5.66. The van der Waals surface area contributed by atoms with Gasteiger partial charge in [0.15, 0.2) is 0 Å². The fourth-order valence-corrected chi connectivity index (χ4v) is 6.23. The van der Waals surface area contributed by atoms with Crippen LogP contribution in [0.2, 0.25) is 0 Å². The molecule has 2 aromatic heterocycles. The van der Waals surface area contributed by atoms with Gasteiger partial charge in [-0.3, -0.25) is 20.0 Å². The van der Waals surface area contributed by atoms with Gasteiger partial charge in [-0.1, -0.05) is 61.8 Å². The molecule has 6 rings (SSSR count). The molecular formula is C33H36N8O2. The molecule has 1 atom stereocenters. The monoisotopic (exact) mass is 576 g/mol. The van der Waals surface area contributed by atoms with Crippen molar-refractivity contribution in [3.8, 4) is 11.1 Å². The molecule has 2 aromatic carbocycles. The molecule has 0 saturated carbocycles. The third-order valence-corrected chi connectivity index (χ3v) is 8.60. The standard InChI is InChI=1S/C33H36N8O2/c1-32(2)15-3-4-17-33(18-6-16-32)23-40(28-8-5-7-27(21-28)25-13-19-34-20-14-25)31(43)41(33)22-24-9-11-26(12-10-24)29(42)35-30-36-38-39-37-30/h3,5,7-15,19-21H,4,6,16-18,22-23H2,1-2H3,(H2,35,36,37,38,39,42)/b15-3+. The molecule has 10 nitrogen and oxygen atoms in total. The van der Waals surface area contributed by atoms with E-state index in [9.17, 15) is 9.59 Å². The predicted molar refractivity (Wildman–Crippen MR) is 165 cm³/mol. The number of anilines is 2. The molecule has 3 amide bonds. The van der Waals surface area contributed by atoms with Gasteiger partial charge in [-0.2, -0.15) is 0 Å². The van der Waals surface area contributed by atoms with Crippen LogP contribution in [-0.4, -0.2) is 54.5 Å². The first-order valence-electron chi connectivity index (χ1n) is 14.7. The first-order chi connectivity index (χ1) is 20.8. The quantitative estimate of drug-likeness (QED) is 0.262. The summed E-state index contributed by atoms with van der Waals surface area (Å²) in [6.07, 6.45) is 13.0. The summed E-state index contributed by atoms with van der Waals surface area (Å²) in [5.74, 6) is -0.131. The van der Waals surface area contributed by atoms with E-state index in [0.717, 1.165) is 54.5 Å². The Morgan fingerprint density at radius 3 is 2.58 bits per heavy atom. The molecule has 1 spiro atoms. The fourth-order valence-electron chi connectivity index (χ4n) is 6.23. The van der Waals surface area contributed by atoms with Crippen molar-refractivity contribution < 1.29 is 9.59 Å². The van der Waals surface area contributed by atoms with Crippen molar-refractivity contribution in [1.29, 1.82) is 0 Å². The molecule has 3 heterocycles. The van der Waals surface area contributed by atoms with E-state index in [2.05, 4.69) is 74.0 Å². The number of hydrogen-bond acceptors (Lipinski definition) is 6. The molecule has 220 valence electrons. The summed E-state index contributed by atoms with van der Waals surface area (Å²) in [7, 11) is 0. The number of H-pyrrole nitrogens is 1. The molecule has 10 heteroatoms. The molecule has 1 unspecified atom stereocenters. The van der Waals surface area contributed by atoms with Gasteiger partial charge in [-0.25, -0.2) is 9.89 Å². The first-order valence-corrected chi connectivity index (χ1v) is 14.7. The SMILES string of the molecule is CC1(C)/C=C/CCC2(CCC1)CN(c1cccc(-c3ccncc3)c1)C(=O)N2Cc1ccc(C(=O)Nc2nnn[nH]2)cc1. The van der Waals surface area contributed by atoms with Gasteiger partial charge in [0.25, 0.3) is 5.91 Å². The minimum absolute atomic E-state index is 0.00834. The van der Waals surface area contributed by atoms with Crippen LogP contribution in [0.4, 0.5) is 16.4 Å². The van der Waals surface area contributed by atoms with Crippen molar-refractivity contribution in [2.45, 2.75) is 58.0 Å². The lowest BCUT2D eigenvalue weighted by Gasteiger charge is -2.37. The zero-order chi connectivity index (χ0) is 29.9. The Morgan fingerprint density at radius 2 is 1.81 bits per heavy atom. The number of urea groups is 1. The molecule has 43 heavy (non-hydrogen) atoms. The van der Waals surface area contributed by atoms with Crippen LogP contribution in [0, 0.1) is 5.41 Å². The van der Waals surface area contributed by atoms with Crippen molar-refractivity contribution >= 4 is 23.6 Å². The number of rotatable bonds is 6. The molecular weight excluding hydrogens is 540 g/mol. The van der Waals surface area contributed by atoms with Crippen LogP contribution >= 0.6 is 0 Å². The normalized spacial score (nSPS) is 20.8. The van der Waals surface area contributed by atoms with E-state index >= 15 is 0 Å². The average molecular weight is 577 g/mol. The molecule has 2 N–H and O–H groups in total. The van der Waals surface area contributed by atoms with Crippen LogP contribution in [0.15, 0.2) is 85.2 Å². The highest BCUT2D eigenvalue weighted by molar-refractivity contribution is 6.03. The topological polar surface area (TPSA) is 120 Å². The number of benzene rings is 2. The van der Waals surface area contributed by atoms with E-state index in [1.165, 1.54) is 0 Å². The Morgan fingerprint density at radius 1 is 1.00 bits per heavy atom. The third kappa shape index (κ3) is 6.18. The van der Waals surface area contributed by atoms with Gasteiger partial charge >= 0.3 is 6.03 Å². The number of amides is 3. The lowest BCUT2D eigenvalue weighted by Crippen LogP contribution is -2.46.